The summed E-state index contributed by atoms with van der Waals surface area (Å²) in [5, 5.41) is 11.3. The van der Waals surface area contributed by atoms with Crippen molar-refractivity contribution in [1.29, 1.82) is 0 Å². The first-order valence-corrected chi connectivity index (χ1v) is 6.25. The van der Waals surface area contributed by atoms with Crippen LogP contribution in [-0.4, -0.2) is 36.3 Å². The highest BCUT2D eigenvalue weighted by Gasteiger charge is 2.08. The third-order valence-corrected chi connectivity index (χ3v) is 2.76. The molecule has 20 heavy (non-hydrogen) atoms. The number of carbonyl (C=O) groups excluding carboxylic acids is 1. The van der Waals surface area contributed by atoms with Crippen LogP contribution in [0.2, 0.25) is 0 Å². The molecular formula is C15H16N2O3. The van der Waals surface area contributed by atoms with Crippen LogP contribution in [0.15, 0.2) is 42.5 Å². The van der Waals surface area contributed by atoms with Crippen LogP contribution in [0.4, 0.5) is 0 Å². The molecule has 0 bridgehead atoms. The van der Waals surface area contributed by atoms with E-state index in [1.165, 1.54) is 0 Å². The highest BCUT2D eigenvalue weighted by Crippen LogP contribution is 2.20. The Labute approximate surface area is 117 Å². The second-order valence-corrected chi connectivity index (χ2v) is 4.12. The Morgan fingerprint density at radius 3 is 2.65 bits per heavy atom. The monoisotopic (exact) mass is 272 g/mol. The van der Waals surface area contributed by atoms with Crippen molar-refractivity contribution in [2.24, 2.45) is 0 Å². The molecule has 0 spiro atoms. The summed E-state index contributed by atoms with van der Waals surface area (Å²) < 4.78 is 5.10. The second kappa shape index (κ2) is 6.68. The van der Waals surface area contributed by atoms with E-state index in [1.54, 1.807) is 19.2 Å². The fourth-order valence-corrected chi connectivity index (χ4v) is 1.74. The normalized spacial score (nSPS) is 10.1. The van der Waals surface area contributed by atoms with Crippen LogP contribution in [0.3, 0.4) is 0 Å². The summed E-state index contributed by atoms with van der Waals surface area (Å²) in [7, 11) is 1.61. The molecule has 0 unspecified atom stereocenters. The lowest BCUT2D eigenvalue weighted by molar-refractivity contribution is 0.0940. The summed E-state index contributed by atoms with van der Waals surface area (Å²) >= 11 is 0. The van der Waals surface area contributed by atoms with Crippen LogP contribution >= 0.6 is 0 Å². The number of ether oxygens (including phenoxy) is 1. The number of methoxy groups -OCH3 is 1. The number of rotatable bonds is 5. The average molecular weight is 272 g/mol. The van der Waals surface area contributed by atoms with E-state index in [9.17, 15) is 4.79 Å². The average Bonchev–Trinajstić information content (AvgIpc) is 2.52. The molecule has 0 atom stereocenters. The maximum absolute atomic E-state index is 11.8. The van der Waals surface area contributed by atoms with Crippen molar-refractivity contribution in [3.8, 4) is 17.0 Å². The number of aliphatic hydroxyl groups excluding tert-OH is 1. The number of nitrogens with zero attached hydrogens (tertiary/aromatic N) is 1. The Kier molecular flexibility index (Phi) is 4.68. The molecule has 2 aromatic rings. The molecular weight excluding hydrogens is 256 g/mol. The molecule has 2 rings (SSSR count). The first-order valence-electron chi connectivity index (χ1n) is 6.25. The summed E-state index contributed by atoms with van der Waals surface area (Å²) in [5.74, 6) is 0.472. The zero-order valence-electron chi connectivity index (χ0n) is 11.2. The lowest BCUT2D eigenvalue weighted by Gasteiger charge is -2.06. The molecule has 0 radical (unpaired) electrons. The first kappa shape index (κ1) is 14.0. The fraction of sp³-hybridized carbons (Fsp3) is 0.200. The number of benzene rings is 1. The minimum absolute atomic E-state index is 0.0933. The molecule has 0 saturated carbocycles. The predicted octanol–water partition coefficient (Wildman–Crippen LogP) is 1.48. The summed E-state index contributed by atoms with van der Waals surface area (Å²) in [6, 6.07) is 12.7. The van der Waals surface area contributed by atoms with E-state index in [-0.39, 0.29) is 19.1 Å². The molecule has 1 amide bonds. The van der Waals surface area contributed by atoms with Gasteiger partial charge >= 0.3 is 0 Å². The molecule has 104 valence electrons. The van der Waals surface area contributed by atoms with Gasteiger partial charge in [0.1, 0.15) is 11.4 Å². The quantitative estimate of drug-likeness (QED) is 0.865. The lowest BCUT2D eigenvalue weighted by Crippen LogP contribution is -2.27. The summed E-state index contributed by atoms with van der Waals surface area (Å²) in [6.07, 6.45) is 0. The van der Waals surface area contributed by atoms with Crippen molar-refractivity contribution in [1.82, 2.24) is 10.3 Å². The van der Waals surface area contributed by atoms with Gasteiger partial charge in [0.15, 0.2) is 0 Å². The Morgan fingerprint density at radius 2 is 2.00 bits per heavy atom. The van der Waals surface area contributed by atoms with Gasteiger partial charge in [0.05, 0.1) is 19.4 Å². The zero-order valence-corrected chi connectivity index (χ0v) is 11.2. The van der Waals surface area contributed by atoms with Crippen LogP contribution < -0.4 is 10.1 Å². The van der Waals surface area contributed by atoms with Gasteiger partial charge in [0.25, 0.3) is 5.91 Å². The minimum atomic E-state index is -0.297. The predicted molar refractivity (Wildman–Crippen MR) is 75.6 cm³/mol. The Morgan fingerprint density at radius 1 is 1.25 bits per heavy atom. The third kappa shape index (κ3) is 3.33. The molecule has 0 aliphatic heterocycles. The van der Waals surface area contributed by atoms with Gasteiger partial charge in [-0.3, -0.25) is 4.79 Å². The minimum Gasteiger partial charge on any atom is -0.497 e. The van der Waals surface area contributed by atoms with Crippen molar-refractivity contribution in [2.75, 3.05) is 20.3 Å². The van der Waals surface area contributed by atoms with E-state index < -0.39 is 0 Å². The summed E-state index contributed by atoms with van der Waals surface area (Å²) in [5.41, 5.74) is 1.94. The second-order valence-electron chi connectivity index (χ2n) is 4.12. The van der Waals surface area contributed by atoms with Crippen LogP contribution in [-0.2, 0) is 0 Å². The number of carbonyl (C=O) groups is 1. The van der Waals surface area contributed by atoms with Gasteiger partial charge in [-0.05, 0) is 36.4 Å². The number of nitrogens with one attached hydrogen (secondary N) is 1. The van der Waals surface area contributed by atoms with E-state index in [4.69, 9.17) is 9.84 Å². The Balaban J connectivity index is 2.22. The van der Waals surface area contributed by atoms with Crippen LogP contribution in [0.25, 0.3) is 11.3 Å². The SMILES string of the molecule is COc1ccc(-c2cccc(C(=O)NCCO)n2)cc1. The number of aliphatic hydroxyl groups is 1. The maximum atomic E-state index is 11.8. The van der Waals surface area contributed by atoms with Crippen LogP contribution in [0.5, 0.6) is 5.75 Å². The molecule has 0 aliphatic rings. The van der Waals surface area contributed by atoms with E-state index in [0.29, 0.717) is 11.4 Å². The highest BCUT2D eigenvalue weighted by atomic mass is 16.5. The van der Waals surface area contributed by atoms with Gasteiger partial charge in [0.2, 0.25) is 0 Å². The number of aromatic nitrogens is 1. The Hall–Kier alpha value is -2.40. The van der Waals surface area contributed by atoms with Crippen molar-refractivity contribution in [2.45, 2.75) is 0 Å². The molecule has 1 heterocycles. The Bertz CT molecular complexity index is 582. The number of amides is 1. The first-order chi connectivity index (χ1) is 9.74. The molecule has 1 aromatic carbocycles. The van der Waals surface area contributed by atoms with Crippen molar-refractivity contribution >= 4 is 5.91 Å². The third-order valence-electron chi connectivity index (χ3n) is 2.76. The highest BCUT2D eigenvalue weighted by molar-refractivity contribution is 5.92. The fourth-order valence-electron chi connectivity index (χ4n) is 1.74. The zero-order chi connectivity index (χ0) is 14.4. The number of pyridine rings is 1. The van der Waals surface area contributed by atoms with Gasteiger partial charge in [-0.1, -0.05) is 6.07 Å². The van der Waals surface area contributed by atoms with Crippen molar-refractivity contribution < 1.29 is 14.6 Å². The molecule has 1 aromatic heterocycles. The number of hydrogen-bond acceptors (Lipinski definition) is 4. The van der Waals surface area contributed by atoms with Crippen molar-refractivity contribution in [3.63, 3.8) is 0 Å². The largest absolute Gasteiger partial charge is 0.497 e. The standard InChI is InChI=1S/C15H16N2O3/c1-20-12-7-5-11(6-8-12)13-3-2-4-14(17-13)15(19)16-9-10-18/h2-8,18H,9-10H2,1H3,(H,16,19). The van der Waals surface area contributed by atoms with Gasteiger partial charge < -0.3 is 15.2 Å². The topological polar surface area (TPSA) is 71.5 Å². The molecule has 0 saturated heterocycles. The maximum Gasteiger partial charge on any atom is 0.269 e. The molecule has 0 aliphatic carbocycles. The smallest absolute Gasteiger partial charge is 0.269 e. The molecule has 2 N–H and O–H groups in total. The summed E-state index contributed by atoms with van der Waals surface area (Å²) in [4.78, 5) is 16.1. The van der Waals surface area contributed by atoms with Crippen molar-refractivity contribution in [3.05, 3.63) is 48.2 Å². The van der Waals surface area contributed by atoms with E-state index >= 15 is 0 Å². The molecule has 0 fully saturated rings. The lowest BCUT2D eigenvalue weighted by atomic mass is 10.1. The molecule has 5 nitrogen and oxygen atoms in total. The van der Waals surface area contributed by atoms with E-state index in [0.717, 1.165) is 11.3 Å². The van der Waals surface area contributed by atoms with Crippen LogP contribution in [0.1, 0.15) is 10.5 Å². The summed E-state index contributed by atoms with van der Waals surface area (Å²) in [6.45, 7) is 0.122. The van der Waals surface area contributed by atoms with E-state index in [1.807, 2.05) is 30.3 Å². The molecule has 5 heteroatoms. The van der Waals surface area contributed by atoms with Gasteiger partial charge in [0, 0.05) is 12.1 Å². The van der Waals surface area contributed by atoms with Gasteiger partial charge in [-0.25, -0.2) is 4.98 Å². The van der Waals surface area contributed by atoms with Gasteiger partial charge in [-0.2, -0.15) is 0 Å². The number of hydrogen-bond donors (Lipinski definition) is 2. The van der Waals surface area contributed by atoms with Gasteiger partial charge in [-0.15, -0.1) is 0 Å². The van der Waals surface area contributed by atoms with E-state index in [2.05, 4.69) is 10.3 Å². The van der Waals surface area contributed by atoms with Crippen LogP contribution in [0, 0.1) is 0 Å².